The maximum Gasteiger partial charge on any atom is 0.573 e. The average Bonchev–Trinajstić information content (AvgIpc) is 2.93. The molecule has 40 heavy (non-hydrogen) atoms. The van der Waals surface area contributed by atoms with Crippen LogP contribution in [0.15, 0.2) is 72.8 Å². The molecule has 0 aliphatic rings. The van der Waals surface area contributed by atoms with Gasteiger partial charge in [-0.3, -0.25) is 9.69 Å². The van der Waals surface area contributed by atoms with E-state index in [4.69, 9.17) is 9.47 Å². The fourth-order valence-corrected chi connectivity index (χ4v) is 4.95. The van der Waals surface area contributed by atoms with Gasteiger partial charge in [0.25, 0.3) is 0 Å². The first-order valence-electron chi connectivity index (χ1n) is 12.9. The van der Waals surface area contributed by atoms with Gasteiger partial charge in [0.2, 0.25) is 0 Å². The summed E-state index contributed by atoms with van der Waals surface area (Å²) < 4.78 is 52.5. The average molecular weight is 669 g/mol. The van der Waals surface area contributed by atoms with Crippen LogP contribution in [0, 0.1) is 0 Å². The highest BCUT2D eigenvalue weighted by molar-refractivity contribution is 14.1. The van der Waals surface area contributed by atoms with Crippen LogP contribution in [0.4, 0.5) is 18.9 Å². The molecule has 3 aromatic rings. The molecular weight excluding hydrogens is 638 g/mol. The van der Waals surface area contributed by atoms with Crippen LogP contribution < -0.4 is 14.4 Å². The smallest absolute Gasteiger partial charge is 0.478 e. The molecule has 0 saturated carbocycles. The number of unbranched alkanes of at least 4 members (excludes halogenated alkanes) is 1. The largest absolute Gasteiger partial charge is 0.573 e. The Labute approximate surface area is 245 Å². The van der Waals surface area contributed by atoms with Gasteiger partial charge in [0.05, 0.1) is 12.8 Å². The molecule has 1 atom stereocenters. The summed E-state index contributed by atoms with van der Waals surface area (Å²) in [7, 11) is 1.15. The van der Waals surface area contributed by atoms with Gasteiger partial charge in [-0.05, 0) is 89.2 Å². The summed E-state index contributed by atoms with van der Waals surface area (Å²) in [5.41, 5.74) is 2.76. The van der Waals surface area contributed by atoms with Crippen molar-refractivity contribution in [3.05, 3.63) is 78.4 Å². The zero-order valence-electron chi connectivity index (χ0n) is 22.2. The number of benzene rings is 3. The first kappa shape index (κ1) is 31.3. The number of carbonyl (C=O) groups excluding carboxylic acids is 2. The quantitative estimate of drug-likeness (QED) is 0.0650. The van der Waals surface area contributed by atoms with Crippen molar-refractivity contribution in [1.29, 1.82) is 0 Å². The Kier molecular flexibility index (Phi) is 11.7. The highest BCUT2D eigenvalue weighted by Gasteiger charge is 2.31. The van der Waals surface area contributed by atoms with Gasteiger partial charge in [0, 0.05) is 6.54 Å². The van der Waals surface area contributed by atoms with Crippen LogP contribution >= 0.6 is 22.6 Å². The lowest BCUT2D eigenvalue weighted by Crippen LogP contribution is -2.38. The Hall–Kier alpha value is -3.28. The van der Waals surface area contributed by atoms with E-state index >= 15 is 0 Å². The number of halogens is 4. The van der Waals surface area contributed by atoms with Crippen molar-refractivity contribution in [3.8, 4) is 22.6 Å². The minimum atomic E-state index is -4.79. The van der Waals surface area contributed by atoms with Crippen LogP contribution in [0.5, 0.6) is 11.5 Å². The van der Waals surface area contributed by atoms with Gasteiger partial charge < -0.3 is 14.2 Å². The van der Waals surface area contributed by atoms with Crippen molar-refractivity contribution in [3.63, 3.8) is 0 Å². The Bertz CT molecular complexity index is 1250. The van der Waals surface area contributed by atoms with E-state index in [0.717, 1.165) is 32.8 Å². The van der Waals surface area contributed by atoms with Crippen molar-refractivity contribution in [1.82, 2.24) is 0 Å². The molecule has 0 aliphatic carbocycles. The Morgan fingerprint density at radius 3 is 2.25 bits per heavy atom. The van der Waals surface area contributed by atoms with Crippen molar-refractivity contribution >= 4 is 40.2 Å². The van der Waals surface area contributed by atoms with Crippen LogP contribution in [0.1, 0.15) is 38.2 Å². The number of carbonyl (C=O) groups is 2. The molecule has 0 radical (unpaired) electrons. The fourth-order valence-electron chi connectivity index (χ4n) is 4.05. The molecule has 0 aliphatic heterocycles. The summed E-state index contributed by atoms with van der Waals surface area (Å²) in [6.07, 6.45) is -0.952. The molecule has 0 aromatic heterocycles. The zero-order chi connectivity index (χ0) is 29.1. The van der Waals surface area contributed by atoms with Gasteiger partial charge in [-0.15, -0.1) is 13.2 Å². The number of ether oxygens (including phenoxy) is 3. The zero-order valence-corrected chi connectivity index (χ0v) is 24.4. The topological polar surface area (TPSA) is 65.1 Å². The molecule has 3 aromatic carbocycles. The van der Waals surface area contributed by atoms with Gasteiger partial charge in [0.1, 0.15) is 15.6 Å². The summed E-state index contributed by atoms with van der Waals surface area (Å²) in [6.45, 7) is 2.27. The van der Waals surface area contributed by atoms with Crippen LogP contribution in [0.25, 0.3) is 11.1 Å². The molecule has 0 spiro atoms. The molecule has 0 N–H and O–H groups in total. The van der Waals surface area contributed by atoms with Crippen molar-refractivity contribution < 1.29 is 37.0 Å². The number of aryl methyl sites for hydroxylation is 1. The van der Waals surface area contributed by atoms with Gasteiger partial charge in [-0.2, -0.15) is 0 Å². The number of hydrogen-bond acceptors (Lipinski definition) is 5. The maximum absolute atomic E-state index is 13.2. The summed E-state index contributed by atoms with van der Waals surface area (Å²) in [5.74, 6) is -1.77. The maximum atomic E-state index is 13.2. The SMILES string of the molecule is CCCC(I)Oc1ccc(-c2ccc(OC(F)(F)F)cc2)cc1N(CCCCc1ccccc1)C(=O)C(=O)OC. The summed E-state index contributed by atoms with van der Waals surface area (Å²) in [4.78, 5) is 26.9. The Morgan fingerprint density at radius 2 is 1.62 bits per heavy atom. The lowest BCUT2D eigenvalue weighted by Gasteiger charge is -2.26. The number of hydrogen-bond donors (Lipinski definition) is 0. The number of nitrogens with zero attached hydrogens (tertiary/aromatic N) is 1. The van der Waals surface area contributed by atoms with Crippen LogP contribution in [0.3, 0.4) is 0 Å². The minimum Gasteiger partial charge on any atom is -0.478 e. The highest BCUT2D eigenvalue weighted by atomic mass is 127. The van der Waals surface area contributed by atoms with E-state index < -0.39 is 18.2 Å². The molecular formula is C30H31F3INO5. The number of methoxy groups -OCH3 is 1. The molecule has 214 valence electrons. The van der Waals surface area contributed by atoms with E-state index in [9.17, 15) is 22.8 Å². The van der Waals surface area contributed by atoms with Crippen LogP contribution in [-0.4, -0.2) is 36.0 Å². The first-order valence-corrected chi connectivity index (χ1v) is 14.1. The van der Waals surface area contributed by atoms with E-state index in [1.165, 1.54) is 34.7 Å². The number of esters is 1. The van der Waals surface area contributed by atoms with Gasteiger partial charge in [-0.25, -0.2) is 4.79 Å². The molecule has 1 unspecified atom stereocenters. The van der Waals surface area contributed by atoms with E-state index in [1.807, 2.05) is 37.3 Å². The second-order valence-corrected chi connectivity index (χ2v) is 10.4. The molecule has 10 heteroatoms. The molecule has 0 fully saturated rings. The standard InChI is InChI=1S/C30H31F3INO5/c1-3-9-27(34)39-26-18-15-23(22-13-16-24(17-14-22)40-30(31,32)33)20-25(26)35(28(36)29(37)38-2)19-8-7-12-21-10-5-4-6-11-21/h4-6,10-11,13-18,20,27H,3,7-9,12,19H2,1-2H3. The van der Waals surface area contributed by atoms with Gasteiger partial charge in [0.15, 0.2) is 0 Å². The first-order chi connectivity index (χ1) is 19.1. The predicted octanol–water partition coefficient (Wildman–Crippen LogP) is 7.72. The van der Waals surface area contributed by atoms with E-state index in [-0.39, 0.29) is 16.4 Å². The third-order valence-corrected chi connectivity index (χ3v) is 6.86. The van der Waals surface area contributed by atoms with Gasteiger partial charge >= 0.3 is 18.2 Å². The summed E-state index contributed by atoms with van der Waals surface area (Å²) in [5, 5.41) is 0. The molecule has 6 nitrogen and oxygen atoms in total. The second-order valence-electron chi connectivity index (χ2n) is 8.96. The lowest BCUT2D eigenvalue weighted by molar-refractivity contribution is -0.274. The molecule has 3 rings (SSSR count). The third kappa shape index (κ3) is 9.42. The van der Waals surface area contributed by atoms with Crippen LogP contribution in [0.2, 0.25) is 0 Å². The van der Waals surface area contributed by atoms with E-state index in [0.29, 0.717) is 29.0 Å². The Morgan fingerprint density at radius 1 is 0.950 bits per heavy atom. The molecule has 0 heterocycles. The predicted molar refractivity (Wildman–Crippen MR) is 156 cm³/mol. The lowest BCUT2D eigenvalue weighted by atomic mass is 10.0. The number of alkyl halides is 4. The molecule has 0 bridgehead atoms. The third-order valence-electron chi connectivity index (χ3n) is 5.99. The number of rotatable bonds is 12. The summed E-state index contributed by atoms with van der Waals surface area (Å²) >= 11 is 2.18. The van der Waals surface area contributed by atoms with E-state index in [1.54, 1.807) is 18.2 Å². The second kappa shape index (κ2) is 14.9. The fraction of sp³-hybridized carbons (Fsp3) is 0.333. The van der Waals surface area contributed by atoms with Crippen molar-refractivity contribution in [2.45, 2.75) is 49.5 Å². The number of amides is 1. The highest BCUT2D eigenvalue weighted by Crippen LogP contribution is 2.36. The monoisotopic (exact) mass is 669 g/mol. The molecule has 1 amide bonds. The van der Waals surface area contributed by atoms with E-state index in [2.05, 4.69) is 27.3 Å². The normalized spacial score (nSPS) is 11.9. The van der Waals surface area contributed by atoms with Crippen molar-refractivity contribution in [2.75, 3.05) is 18.6 Å². The Balaban J connectivity index is 1.94. The molecule has 0 saturated heterocycles. The van der Waals surface area contributed by atoms with Gasteiger partial charge in [-0.1, -0.05) is 61.9 Å². The van der Waals surface area contributed by atoms with Crippen LogP contribution in [-0.2, 0) is 20.7 Å². The van der Waals surface area contributed by atoms with Crippen molar-refractivity contribution in [2.24, 2.45) is 0 Å². The summed E-state index contributed by atoms with van der Waals surface area (Å²) in [6, 6.07) is 20.5. The minimum absolute atomic E-state index is 0.181. The number of anilines is 1.